The Morgan fingerprint density at radius 3 is 2.40 bits per heavy atom. The topological polar surface area (TPSA) is 51.8 Å². The van der Waals surface area contributed by atoms with Gasteiger partial charge in [-0.15, -0.1) is 0 Å². The average molecular weight is 199 g/mol. The highest BCUT2D eigenvalue weighted by atomic mass is 14.7. The molecule has 2 aromatic heterocycles. The third-order valence-corrected chi connectivity index (χ3v) is 2.33. The monoisotopic (exact) mass is 199 g/mol. The lowest BCUT2D eigenvalue weighted by molar-refractivity contribution is 1.20. The van der Waals surface area contributed by atoms with E-state index in [2.05, 4.69) is 16.0 Å². The van der Waals surface area contributed by atoms with E-state index in [1.54, 1.807) is 0 Å². The van der Waals surface area contributed by atoms with Crippen molar-refractivity contribution in [2.45, 2.75) is 13.8 Å². The van der Waals surface area contributed by atoms with Gasteiger partial charge in [0, 0.05) is 29.7 Å². The molecule has 0 fully saturated rings. The Labute approximate surface area is 89.0 Å². The van der Waals surface area contributed by atoms with E-state index in [9.17, 15) is 0 Å². The molecular formula is C12H13N3. The third-order valence-electron chi connectivity index (χ3n) is 2.33. The highest BCUT2D eigenvalue weighted by Gasteiger charge is 2.01. The normalized spacial score (nSPS) is 10.3. The van der Waals surface area contributed by atoms with Gasteiger partial charge in [0.05, 0.1) is 11.4 Å². The predicted molar refractivity (Wildman–Crippen MR) is 61.4 cm³/mol. The molecule has 0 bridgehead atoms. The van der Waals surface area contributed by atoms with Gasteiger partial charge < -0.3 is 5.73 Å². The van der Waals surface area contributed by atoms with Crippen molar-refractivity contribution >= 4 is 5.69 Å². The van der Waals surface area contributed by atoms with E-state index in [1.165, 1.54) is 0 Å². The quantitative estimate of drug-likeness (QED) is 0.767. The Balaban J connectivity index is 2.50. The van der Waals surface area contributed by atoms with Crippen LogP contribution in [0.5, 0.6) is 0 Å². The van der Waals surface area contributed by atoms with Crippen LogP contribution in [0.4, 0.5) is 5.69 Å². The van der Waals surface area contributed by atoms with E-state index in [4.69, 9.17) is 5.73 Å². The first-order valence-electron chi connectivity index (χ1n) is 4.81. The van der Waals surface area contributed by atoms with Gasteiger partial charge in [-0.2, -0.15) is 0 Å². The molecule has 0 saturated carbocycles. The molecule has 3 nitrogen and oxygen atoms in total. The van der Waals surface area contributed by atoms with Crippen LogP contribution >= 0.6 is 0 Å². The molecule has 0 unspecified atom stereocenters. The fourth-order valence-electron chi connectivity index (χ4n) is 1.42. The van der Waals surface area contributed by atoms with Crippen LogP contribution in [0.15, 0.2) is 30.7 Å². The van der Waals surface area contributed by atoms with Crippen LogP contribution in [0.2, 0.25) is 0 Å². The maximum atomic E-state index is 5.81. The maximum absolute atomic E-state index is 5.81. The van der Waals surface area contributed by atoms with E-state index in [-0.39, 0.29) is 0 Å². The summed E-state index contributed by atoms with van der Waals surface area (Å²) in [5, 5.41) is 0. The second-order valence-electron chi connectivity index (χ2n) is 3.65. The molecule has 0 aromatic carbocycles. The Hall–Kier alpha value is -1.90. The van der Waals surface area contributed by atoms with Crippen molar-refractivity contribution in [2.24, 2.45) is 0 Å². The van der Waals surface area contributed by atoms with Crippen molar-refractivity contribution < 1.29 is 0 Å². The van der Waals surface area contributed by atoms with Crippen LogP contribution in [-0.2, 0) is 0 Å². The largest absolute Gasteiger partial charge is 0.397 e. The molecule has 15 heavy (non-hydrogen) atoms. The zero-order chi connectivity index (χ0) is 10.8. The minimum atomic E-state index is 0.717. The maximum Gasteiger partial charge on any atom is 0.0602 e. The molecule has 0 spiro atoms. The lowest BCUT2D eigenvalue weighted by Crippen LogP contribution is -1.93. The molecule has 3 heteroatoms. The zero-order valence-electron chi connectivity index (χ0n) is 8.86. The van der Waals surface area contributed by atoms with Gasteiger partial charge >= 0.3 is 0 Å². The molecular weight excluding hydrogens is 186 g/mol. The van der Waals surface area contributed by atoms with Crippen molar-refractivity contribution in [2.75, 3.05) is 5.73 Å². The van der Waals surface area contributed by atoms with Crippen molar-refractivity contribution in [3.63, 3.8) is 0 Å². The minimum absolute atomic E-state index is 0.717. The second-order valence-corrected chi connectivity index (χ2v) is 3.65. The van der Waals surface area contributed by atoms with Crippen molar-refractivity contribution in [1.29, 1.82) is 0 Å². The molecule has 76 valence electrons. The molecule has 2 N–H and O–H groups in total. The Morgan fingerprint density at radius 2 is 1.73 bits per heavy atom. The highest BCUT2D eigenvalue weighted by Crippen LogP contribution is 2.21. The molecule has 0 saturated heterocycles. The minimum Gasteiger partial charge on any atom is -0.397 e. The number of hydrogen-bond donors (Lipinski definition) is 1. The number of aromatic nitrogens is 2. The number of nitrogens with two attached hydrogens (primary N) is 1. The SMILES string of the molecule is Cc1cncc(-c2cnc(C)c(N)c2)c1. The number of aryl methyl sites for hydroxylation is 2. The van der Waals surface area contributed by atoms with Gasteiger partial charge in [0.25, 0.3) is 0 Å². The van der Waals surface area contributed by atoms with Gasteiger partial charge in [-0.1, -0.05) is 0 Å². The van der Waals surface area contributed by atoms with Gasteiger partial charge in [-0.05, 0) is 31.5 Å². The average Bonchev–Trinajstić information content (AvgIpc) is 2.22. The van der Waals surface area contributed by atoms with Crippen LogP contribution in [0.25, 0.3) is 11.1 Å². The molecule has 2 heterocycles. The first kappa shape index (κ1) is 9.65. The number of anilines is 1. The summed E-state index contributed by atoms with van der Waals surface area (Å²) in [6.45, 7) is 3.91. The lowest BCUT2D eigenvalue weighted by Gasteiger charge is -2.04. The summed E-state index contributed by atoms with van der Waals surface area (Å²) in [7, 11) is 0. The molecule has 2 rings (SSSR count). The Bertz CT molecular complexity index is 492. The molecule has 0 aliphatic heterocycles. The molecule has 0 aliphatic rings. The van der Waals surface area contributed by atoms with Gasteiger partial charge in [0.15, 0.2) is 0 Å². The number of nitrogen functional groups attached to an aromatic ring is 1. The highest BCUT2D eigenvalue weighted by molar-refractivity contribution is 5.66. The second kappa shape index (κ2) is 3.69. The van der Waals surface area contributed by atoms with E-state index in [1.807, 2.05) is 38.5 Å². The fourth-order valence-corrected chi connectivity index (χ4v) is 1.42. The molecule has 0 atom stereocenters. The first-order valence-corrected chi connectivity index (χ1v) is 4.81. The van der Waals surface area contributed by atoms with Gasteiger partial charge in [-0.3, -0.25) is 9.97 Å². The van der Waals surface area contributed by atoms with Crippen LogP contribution in [0, 0.1) is 13.8 Å². The van der Waals surface area contributed by atoms with E-state index in [0.717, 1.165) is 22.4 Å². The predicted octanol–water partition coefficient (Wildman–Crippen LogP) is 2.34. The first-order chi connectivity index (χ1) is 7.16. The standard InChI is InChI=1S/C12H13N3/c1-8-3-10(6-14-5-8)11-4-12(13)9(2)15-7-11/h3-7H,13H2,1-2H3. The van der Waals surface area contributed by atoms with Crippen molar-refractivity contribution in [3.8, 4) is 11.1 Å². The molecule has 0 aliphatic carbocycles. The lowest BCUT2D eigenvalue weighted by atomic mass is 10.1. The third kappa shape index (κ3) is 1.96. The summed E-state index contributed by atoms with van der Waals surface area (Å²) >= 11 is 0. The van der Waals surface area contributed by atoms with E-state index in [0.29, 0.717) is 5.69 Å². The summed E-state index contributed by atoms with van der Waals surface area (Å²) in [5.41, 5.74) is 10.6. The van der Waals surface area contributed by atoms with Crippen LogP contribution < -0.4 is 5.73 Å². The van der Waals surface area contributed by atoms with Gasteiger partial charge in [-0.25, -0.2) is 0 Å². The van der Waals surface area contributed by atoms with Crippen LogP contribution in [-0.4, -0.2) is 9.97 Å². The number of nitrogens with zero attached hydrogens (tertiary/aromatic N) is 2. The van der Waals surface area contributed by atoms with Crippen LogP contribution in [0.3, 0.4) is 0 Å². The summed E-state index contributed by atoms with van der Waals surface area (Å²) in [5.74, 6) is 0. The Kier molecular flexibility index (Phi) is 2.37. The molecule has 2 aromatic rings. The van der Waals surface area contributed by atoms with Crippen molar-refractivity contribution in [3.05, 3.63) is 42.0 Å². The summed E-state index contributed by atoms with van der Waals surface area (Å²) in [4.78, 5) is 8.38. The zero-order valence-corrected chi connectivity index (χ0v) is 8.86. The van der Waals surface area contributed by atoms with Crippen molar-refractivity contribution in [1.82, 2.24) is 9.97 Å². The van der Waals surface area contributed by atoms with E-state index < -0.39 is 0 Å². The van der Waals surface area contributed by atoms with E-state index >= 15 is 0 Å². The van der Waals surface area contributed by atoms with Gasteiger partial charge in [0.2, 0.25) is 0 Å². The number of rotatable bonds is 1. The smallest absolute Gasteiger partial charge is 0.0602 e. The molecule has 0 amide bonds. The number of hydrogen-bond acceptors (Lipinski definition) is 3. The molecule has 0 radical (unpaired) electrons. The number of pyridine rings is 2. The Morgan fingerprint density at radius 1 is 1.00 bits per heavy atom. The fraction of sp³-hybridized carbons (Fsp3) is 0.167. The summed E-state index contributed by atoms with van der Waals surface area (Å²) in [6.07, 6.45) is 5.47. The summed E-state index contributed by atoms with van der Waals surface area (Å²) < 4.78 is 0. The summed E-state index contributed by atoms with van der Waals surface area (Å²) in [6, 6.07) is 4.00. The van der Waals surface area contributed by atoms with Crippen LogP contribution in [0.1, 0.15) is 11.3 Å². The van der Waals surface area contributed by atoms with Gasteiger partial charge in [0.1, 0.15) is 0 Å².